The highest BCUT2D eigenvalue weighted by molar-refractivity contribution is 5.79. The van der Waals surface area contributed by atoms with Gasteiger partial charge in [-0.2, -0.15) is 0 Å². The summed E-state index contributed by atoms with van der Waals surface area (Å²) >= 11 is 0. The van der Waals surface area contributed by atoms with Crippen molar-refractivity contribution in [3.8, 4) is 11.1 Å². The molecule has 0 atom stereocenters. The smallest absolute Gasteiger partial charge is 0.407 e. The van der Waals surface area contributed by atoms with Gasteiger partial charge in [-0.3, -0.25) is 9.59 Å². The molecule has 3 rings (SSSR count). The summed E-state index contributed by atoms with van der Waals surface area (Å²) in [6.45, 7) is 1.00. The van der Waals surface area contributed by atoms with E-state index in [-0.39, 0.29) is 31.3 Å². The fraction of sp³-hybridized carbons (Fsp3) is 0.375. The van der Waals surface area contributed by atoms with Crippen molar-refractivity contribution >= 4 is 18.0 Å². The van der Waals surface area contributed by atoms with Crippen LogP contribution in [0.2, 0.25) is 0 Å². The number of carbonyl (C=O) groups is 3. The molecule has 7 heteroatoms. The minimum Gasteiger partial charge on any atom is -0.481 e. The molecule has 0 aromatic heterocycles. The lowest BCUT2D eigenvalue weighted by Gasteiger charge is -2.17. The van der Waals surface area contributed by atoms with Gasteiger partial charge >= 0.3 is 12.1 Å². The fourth-order valence-electron chi connectivity index (χ4n) is 3.86. The highest BCUT2D eigenvalue weighted by Crippen LogP contribution is 2.44. The van der Waals surface area contributed by atoms with Crippen LogP contribution < -0.4 is 5.32 Å². The summed E-state index contributed by atoms with van der Waals surface area (Å²) in [5.41, 5.74) is 4.68. The van der Waals surface area contributed by atoms with Gasteiger partial charge < -0.3 is 20.1 Å². The molecule has 0 fully saturated rings. The second-order valence-corrected chi connectivity index (χ2v) is 7.67. The Kier molecular flexibility index (Phi) is 7.65. The maximum absolute atomic E-state index is 12.1. The summed E-state index contributed by atoms with van der Waals surface area (Å²) in [6, 6.07) is 16.3. The number of hydrogen-bond donors (Lipinski definition) is 2. The molecule has 0 saturated carbocycles. The average molecular weight is 424 g/mol. The predicted molar refractivity (Wildman–Crippen MR) is 117 cm³/mol. The van der Waals surface area contributed by atoms with Gasteiger partial charge in [-0.15, -0.1) is 0 Å². The van der Waals surface area contributed by atoms with E-state index in [1.54, 1.807) is 7.05 Å². The number of carboxylic acid groups (broad SMARTS) is 1. The zero-order chi connectivity index (χ0) is 22.2. The number of carboxylic acids is 1. The molecule has 0 saturated heterocycles. The van der Waals surface area contributed by atoms with E-state index in [0.717, 1.165) is 11.1 Å². The number of amides is 2. The van der Waals surface area contributed by atoms with Crippen LogP contribution in [0, 0.1) is 0 Å². The molecule has 2 amide bonds. The molecule has 0 heterocycles. The Morgan fingerprint density at radius 1 is 0.968 bits per heavy atom. The quantitative estimate of drug-likeness (QED) is 0.568. The maximum atomic E-state index is 12.1. The summed E-state index contributed by atoms with van der Waals surface area (Å²) in [5.74, 6) is -0.924. The third kappa shape index (κ3) is 5.84. The van der Waals surface area contributed by atoms with E-state index in [0.29, 0.717) is 25.9 Å². The first kappa shape index (κ1) is 22.3. The number of hydrogen-bond acceptors (Lipinski definition) is 4. The number of alkyl carbamates (subject to hydrolysis) is 1. The van der Waals surface area contributed by atoms with Gasteiger partial charge in [-0.05, 0) is 35.1 Å². The Hall–Kier alpha value is -3.35. The molecule has 0 bridgehead atoms. The molecule has 1 aliphatic rings. The summed E-state index contributed by atoms with van der Waals surface area (Å²) in [4.78, 5) is 36.2. The number of carbonyl (C=O) groups excluding carboxylic acids is 2. The first-order valence-electron chi connectivity index (χ1n) is 10.5. The Labute approximate surface area is 182 Å². The SMILES string of the molecule is CN(CCCC(=O)O)C(=O)CCCNC(=O)OCC1c2ccccc2-c2ccccc21. The number of aliphatic carboxylic acids is 1. The van der Waals surface area contributed by atoms with Crippen LogP contribution >= 0.6 is 0 Å². The lowest BCUT2D eigenvalue weighted by Crippen LogP contribution is -2.30. The van der Waals surface area contributed by atoms with Crippen LogP contribution in [-0.2, 0) is 14.3 Å². The number of nitrogens with one attached hydrogen (secondary N) is 1. The molecule has 2 N–H and O–H groups in total. The topological polar surface area (TPSA) is 95.9 Å². The molecule has 1 aliphatic carbocycles. The van der Waals surface area contributed by atoms with Crippen LogP contribution in [0.5, 0.6) is 0 Å². The van der Waals surface area contributed by atoms with Crippen LogP contribution in [0.3, 0.4) is 0 Å². The van der Waals surface area contributed by atoms with Gasteiger partial charge in [-0.1, -0.05) is 48.5 Å². The Balaban J connectivity index is 1.39. The first-order valence-corrected chi connectivity index (χ1v) is 10.5. The van der Waals surface area contributed by atoms with Gasteiger partial charge in [0.05, 0.1) is 0 Å². The third-order valence-corrected chi connectivity index (χ3v) is 5.49. The van der Waals surface area contributed by atoms with Gasteiger partial charge in [0.1, 0.15) is 6.61 Å². The van der Waals surface area contributed by atoms with Crippen LogP contribution in [0.1, 0.15) is 42.7 Å². The monoisotopic (exact) mass is 424 g/mol. The van der Waals surface area contributed by atoms with E-state index in [2.05, 4.69) is 29.6 Å². The number of nitrogens with zero attached hydrogens (tertiary/aromatic N) is 1. The molecule has 31 heavy (non-hydrogen) atoms. The van der Waals surface area contributed by atoms with Gasteiger partial charge in [-0.25, -0.2) is 4.79 Å². The van der Waals surface area contributed by atoms with Crippen LogP contribution in [0.25, 0.3) is 11.1 Å². The molecule has 164 valence electrons. The van der Waals surface area contributed by atoms with Gasteiger partial charge in [0.2, 0.25) is 5.91 Å². The normalized spacial score (nSPS) is 12.0. The highest BCUT2D eigenvalue weighted by Gasteiger charge is 2.28. The van der Waals surface area contributed by atoms with Gasteiger partial charge in [0, 0.05) is 38.9 Å². The average Bonchev–Trinajstić information content (AvgIpc) is 3.08. The van der Waals surface area contributed by atoms with Crippen molar-refractivity contribution in [2.45, 2.75) is 31.6 Å². The molecular weight excluding hydrogens is 396 g/mol. The van der Waals surface area contributed by atoms with Crippen molar-refractivity contribution in [2.24, 2.45) is 0 Å². The fourth-order valence-corrected chi connectivity index (χ4v) is 3.86. The Morgan fingerprint density at radius 2 is 1.58 bits per heavy atom. The zero-order valence-corrected chi connectivity index (χ0v) is 17.7. The summed E-state index contributed by atoms with van der Waals surface area (Å²) in [6.07, 6.45) is 0.750. The Morgan fingerprint density at radius 3 is 2.19 bits per heavy atom. The van der Waals surface area contributed by atoms with Crippen molar-refractivity contribution in [3.05, 3.63) is 59.7 Å². The molecule has 0 aliphatic heterocycles. The van der Waals surface area contributed by atoms with E-state index in [1.807, 2.05) is 24.3 Å². The van der Waals surface area contributed by atoms with E-state index < -0.39 is 12.1 Å². The zero-order valence-electron chi connectivity index (χ0n) is 17.7. The van der Waals surface area contributed by atoms with Gasteiger partial charge in [0.25, 0.3) is 0 Å². The molecule has 7 nitrogen and oxygen atoms in total. The largest absolute Gasteiger partial charge is 0.481 e. The number of benzene rings is 2. The third-order valence-electron chi connectivity index (χ3n) is 5.49. The van der Waals surface area contributed by atoms with Crippen molar-refractivity contribution in [1.29, 1.82) is 0 Å². The predicted octanol–water partition coefficient (Wildman–Crippen LogP) is 3.63. The van der Waals surface area contributed by atoms with E-state index >= 15 is 0 Å². The Bertz CT molecular complexity index is 898. The van der Waals surface area contributed by atoms with Crippen molar-refractivity contribution in [1.82, 2.24) is 10.2 Å². The standard InChI is InChI=1S/C24H28N2O5/c1-26(15-7-13-23(28)29)22(27)12-6-14-25-24(30)31-16-21-19-10-4-2-8-17(19)18-9-3-5-11-20(18)21/h2-5,8-11,21H,6-7,12-16H2,1H3,(H,25,30)(H,28,29). The first-order chi connectivity index (χ1) is 15.0. The van der Waals surface area contributed by atoms with Crippen LogP contribution in [0.4, 0.5) is 4.79 Å². The number of ether oxygens (including phenoxy) is 1. The van der Waals surface area contributed by atoms with Gasteiger partial charge in [0.15, 0.2) is 0 Å². The maximum Gasteiger partial charge on any atom is 0.407 e. The minimum absolute atomic E-state index is 0.0131. The van der Waals surface area contributed by atoms with Crippen molar-refractivity contribution in [2.75, 3.05) is 26.7 Å². The number of fused-ring (bicyclic) bond motifs is 3. The molecular formula is C24H28N2O5. The van der Waals surface area contributed by atoms with E-state index in [1.165, 1.54) is 16.0 Å². The lowest BCUT2D eigenvalue weighted by atomic mass is 9.98. The second-order valence-electron chi connectivity index (χ2n) is 7.67. The molecule has 0 radical (unpaired) electrons. The van der Waals surface area contributed by atoms with Crippen molar-refractivity contribution in [3.63, 3.8) is 0 Å². The highest BCUT2D eigenvalue weighted by atomic mass is 16.5. The van der Waals surface area contributed by atoms with E-state index in [9.17, 15) is 14.4 Å². The summed E-state index contributed by atoms with van der Waals surface area (Å²) < 4.78 is 5.47. The lowest BCUT2D eigenvalue weighted by molar-refractivity contribution is -0.138. The molecule has 2 aromatic carbocycles. The summed E-state index contributed by atoms with van der Waals surface area (Å²) in [5, 5.41) is 11.3. The minimum atomic E-state index is -0.867. The van der Waals surface area contributed by atoms with Crippen LogP contribution in [-0.4, -0.2) is 54.7 Å². The molecule has 0 unspecified atom stereocenters. The van der Waals surface area contributed by atoms with Crippen LogP contribution in [0.15, 0.2) is 48.5 Å². The summed E-state index contributed by atoms with van der Waals surface area (Å²) in [7, 11) is 1.66. The van der Waals surface area contributed by atoms with E-state index in [4.69, 9.17) is 9.84 Å². The number of rotatable bonds is 10. The second kappa shape index (κ2) is 10.6. The molecule has 2 aromatic rings. The van der Waals surface area contributed by atoms with Crippen molar-refractivity contribution < 1.29 is 24.2 Å². The molecule has 0 spiro atoms.